The number of nitrogens with one attached hydrogen (secondary N) is 1. The highest BCUT2D eigenvalue weighted by atomic mass is 16.2. The Hall–Kier alpha value is -1.12. The molecular weight excluding hydrogens is 142 g/mol. The molecule has 0 spiro atoms. The molecule has 0 bridgehead atoms. The summed E-state index contributed by atoms with van der Waals surface area (Å²) in [5.41, 5.74) is -0.314. The highest BCUT2D eigenvalue weighted by molar-refractivity contribution is 5.47. The van der Waals surface area contributed by atoms with Crippen LogP contribution in [0.2, 0.25) is 0 Å². The van der Waals surface area contributed by atoms with Crippen molar-refractivity contribution < 1.29 is 0 Å². The second-order valence-corrected chi connectivity index (χ2v) is 2.71. The Balaban J connectivity index is 2.62. The van der Waals surface area contributed by atoms with Crippen molar-refractivity contribution in [1.82, 2.24) is 0 Å². The molecule has 3 nitrogen and oxygen atoms in total. The Labute approximate surface area is 64.7 Å². The molecule has 3 heteroatoms. The van der Waals surface area contributed by atoms with Gasteiger partial charge in [-0.3, -0.25) is 9.59 Å². The third kappa shape index (κ3) is 1.48. The van der Waals surface area contributed by atoms with Crippen molar-refractivity contribution in [3.63, 3.8) is 0 Å². The maximum absolute atomic E-state index is 10.7. The first-order chi connectivity index (χ1) is 5.15. The molecule has 1 atom stereocenters. The molecule has 0 aromatic heterocycles. The number of anilines is 1. The predicted octanol–water partition coefficient (Wildman–Crippen LogP) is 0.493. The summed E-state index contributed by atoms with van der Waals surface area (Å²) in [6.45, 7) is 3.99. The first-order valence-electron chi connectivity index (χ1n) is 3.72. The van der Waals surface area contributed by atoms with E-state index in [-0.39, 0.29) is 11.5 Å². The van der Waals surface area contributed by atoms with E-state index >= 15 is 0 Å². The minimum Gasteiger partial charge on any atom is -0.379 e. The zero-order valence-electron chi connectivity index (χ0n) is 6.68. The minimum absolute atomic E-state index is 0.262. The topological polar surface area (TPSA) is 46.2 Å². The van der Waals surface area contributed by atoms with Crippen LogP contribution >= 0.6 is 0 Å². The fraction of sp³-hybridized carbons (Fsp3) is 0.500. The van der Waals surface area contributed by atoms with Crippen LogP contribution < -0.4 is 16.2 Å². The van der Waals surface area contributed by atoms with Crippen molar-refractivity contribution in [2.45, 2.75) is 26.3 Å². The maximum Gasteiger partial charge on any atom is 0.248 e. The monoisotopic (exact) mass is 153 g/mol. The molecule has 0 aliphatic carbocycles. The van der Waals surface area contributed by atoms with Gasteiger partial charge in [-0.25, -0.2) is 0 Å². The summed E-state index contributed by atoms with van der Waals surface area (Å²) < 4.78 is 0. The summed E-state index contributed by atoms with van der Waals surface area (Å²) in [5, 5.41) is 2.94. The molecule has 0 aliphatic heterocycles. The Morgan fingerprint density at radius 3 is 2.55 bits per heavy atom. The Morgan fingerprint density at radius 2 is 2.18 bits per heavy atom. The quantitative estimate of drug-likeness (QED) is 0.643. The molecule has 0 aliphatic rings. The second kappa shape index (κ2) is 2.86. The standard InChI is InChI=1S/C8H11NO2/c1-3-5(2)9-6-4-7(10)8(6)11/h4-5,9H,3H2,1-2H3. The van der Waals surface area contributed by atoms with Gasteiger partial charge in [0, 0.05) is 12.1 Å². The van der Waals surface area contributed by atoms with Crippen LogP contribution in [0, 0.1) is 0 Å². The lowest BCUT2D eigenvalue weighted by Crippen LogP contribution is -2.34. The van der Waals surface area contributed by atoms with Gasteiger partial charge in [-0.05, 0) is 13.3 Å². The Kier molecular flexibility index (Phi) is 2.08. The SMILES string of the molecule is CCC(C)Nc1cc(=O)c1=O. The van der Waals surface area contributed by atoms with Gasteiger partial charge in [-0.2, -0.15) is 0 Å². The summed E-state index contributed by atoms with van der Waals surface area (Å²) in [7, 11) is 0. The summed E-state index contributed by atoms with van der Waals surface area (Å²) in [4.78, 5) is 21.2. The molecule has 1 aromatic carbocycles. The number of rotatable bonds is 3. The molecule has 1 N–H and O–H groups in total. The molecule has 11 heavy (non-hydrogen) atoms. The van der Waals surface area contributed by atoms with Crippen LogP contribution in [-0.4, -0.2) is 6.04 Å². The molecule has 0 radical (unpaired) electrons. The molecular formula is C8H11NO2. The molecule has 0 amide bonds. The van der Waals surface area contributed by atoms with Gasteiger partial charge in [-0.15, -0.1) is 0 Å². The van der Waals surface area contributed by atoms with Crippen molar-refractivity contribution in [1.29, 1.82) is 0 Å². The van der Waals surface area contributed by atoms with E-state index in [9.17, 15) is 9.59 Å². The molecule has 1 aromatic rings. The largest absolute Gasteiger partial charge is 0.379 e. The predicted molar refractivity (Wildman–Crippen MR) is 44.7 cm³/mol. The van der Waals surface area contributed by atoms with Gasteiger partial charge >= 0.3 is 0 Å². The molecule has 0 saturated carbocycles. The lowest BCUT2D eigenvalue weighted by molar-refractivity contribution is 0.761. The molecule has 60 valence electrons. The van der Waals surface area contributed by atoms with Gasteiger partial charge in [-0.1, -0.05) is 6.92 Å². The van der Waals surface area contributed by atoms with E-state index in [2.05, 4.69) is 5.32 Å². The lowest BCUT2D eigenvalue weighted by atomic mass is 10.2. The van der Waals surface area contributed by atoms with E-state index in [1.165, 1.54) is 6.07 Å². The summed E-state index contributed by atoms with van der Waals surface area (Å²) in [6, 6.07) is 1.60. The van der Waals surface area contributed by atoms with E-state index < -0.39 is 5.43 Å². The van der Waals surface area contributed by atoms with Crippen molar-refractivity contribution in [3.05, 3.63) is 26.5 Å². The van der Waals surface area contributed by atoms with Gasteiger partial charge in [0.15, 0.2) is 0 Å². The summed E-state index contributed by atoms with van der Waals surface area (Å²) in [6.07, 6.45) is 0.943. The fourth-order valence-corrected chi connectivity index (χ4v) is 0.792. The zero-order valence-corrected chi connectivity index (χ0v) is 6.68. The van der Waals surface area contributed by atoms with Gasteiger partial charge < -0.3 is 5.32 Å². The van der Waals surface area contributed by atoms with Crippen molar-refractivity contribution in [2.24, 2.45) is 0 Å². The van der Waals surface area contributed by atoms with E-state index in [0.29, 0.717) is 5.69 Å². The maximum atomic E-state index is 10.7. The Bertz CT molecular complexity index is 309. The number of hydrogen-bond donors (Lipinski definition) is 1. The normalized spacial score (nSPS) is 13.3. The molecule has 0 saturated heterocycles. The van der Waals surface area contributed by atoms with E-state index in [4.69, 9.17) is 0 Å². The summed E-state index contributed by atoms with van der Waals surface area (Å²) in [5.74, 6) is 0. The van der Waals surface area contributed by atoms with Crippen LogP contribution in [0.1, 0.15) is 20.3 Å². The van der Waals surface area contributed by atoms with E-state index in [0.717, 1.165) is 6.42 Å². The first kappa shape index (κ1) is 7.98. The van der Waals surface area contributed by atoms with Crippen LogP contribution in [-0.2, 0) is 0 Å². The van der Waals surface area contributed by atoms with Crippen molar-refractivity contribution in [3.8, 4) is 0 Å². The second-order valence-electron chi connectivity index (χ2n) is 2.71. The molecule has 0 heterocycles. The van der Waals surface area contributed by atoms with Gasteiger partial charge in [0.1, 0.15) is 0 Å². The van der Waals surface area contributed by atoms with Gasteiger partial charge in [0.2, 0.25) is 10.9 Å². The molecule has 1 unspecified atom stereocenters. The van der Waals surface area contributed by atoms with Crippen molar-refractivity contribution >= 4 is 5.69 Å². The molecule has 1 rings (SSSR count). The van der Waals surface area contributed by atoms with Crippen LogP contribution in [0.3, 0.4) is 0 Å². The number of hydrogen-bond acceptors (Lipinski definition) is 3. The average molecular weight is 153 g/mol. The van der Waals surface area contributed by atoms with Crippen LogP contribution in [0.4, 0.5) is 5.69 Å². The fourth-order valence-electron chi connectivity index (χ4n) is 0.792. The van der Waals surface area contributed by atoms with Gasteiger partial charge in [0.25, 0.3) is 0 Å². The van der Waals surface area contributed by atoms with Crippen molar-refractivity contribution in [2.75, 3.05) is 5.32 Å². The highest BCUT2D eigenvalue weighted by Gasteiger charge is 2.09. The van der Waals surface area contributed by atoms with Crippen LogP contribution in [0.25, 0.3) is 0 Å². The molecule has 0 fully saturated rings. The minimum atomic E-state index is -0.393. The lowest BCUT2D eigenvalue weighted by Gasteiger charge is -2.12. The third-order valence-corrected chi connectivity index (χ3v) is 1.76. The van der Waals surface area contributed by atoms with Crippen LogP contribution in [0.5, 0.6) is 0 Å². The first-order valence-corrected chi connectivity index (χ1v) is 3.72. The van der Waals surface area contributed by atoms with Gasteiger partial charge in [0.05, 0.1) is 5.69 Å². The third-order valence-electron chi connectivity index (χ3n) is 1.76. The summed E-state index contributed by atoms with van der Waals surface area (Å²) >= 11 is 0. The zero-order chi connectivity index (χ0) is 8.43. The van der Waals surface area contributed by atoms with E-state index in [1.807, 2.05) is 13.8 Å². The van der Waals surface area contributed by atoms with Crippen LogP contribution in [0.15, 0.2) is 15.7 Å². The smallest absolute Gasteiger partial charge is 0.248 e. The Morgan fingerprint density at radius 1 is 1.55 bits per heavy atom. The van der Waals surface area contributed by atoms with E-state index in [1.54, 1.807) is 0 Å². The highest BCUT2D eigenvalue weighted by Crippen LogP contribution is 2.00. The average Bonchev–Trinajstić information content (AvgIpc) is 2.03.